The van der Waals surface area contributed by atoms with E-state index >= 15 is 0 Å². The van der Waals surface area contributed by atoms with E-state index in [9.17, 15) is 0 Å². The highest BCUT2D eigenvalue weighted by atomic mass is 79.9. The van der Waals surface area contributed by atoms with Gasteiger partial charge >= 0.3 is 0 Å². The Morgan fingerprint density at radius 2 is 0.521 bits per heavy atom. The number of nitrogens with one attached hydrogen (secondary N) is 1. The maximum Gasteiger partial charge on any atom is 0.212 e. The van der Waals surface area contributed by atoms with Crippen molar-refractivity contribution in [2.24, 2.45) is 0 Å². The number of benzene rings is 13. The van der Waals surface area contributed by atoms with Crippen molar-refractivity contribution in [1.82, 2.24) is 0 Å². The predicted octanol–water partition coefficient (Wildman–Crippen LogP) is 27.6. The fourth-order valence-electron chi connectivity index (χ4n) is 15.6. The molecule has 13 aromatic rings. The number of anilines is 8. The Bertz CT molecular complexity index is 5110. The minimum atomic E-state index is -3.13. The van der Waals surface area contributed by atoms with E-state index in [0.717, 1.165) is 54.4 Å². The lowest BCUT2D eigenvalue weighted by molar-refractivity contribution is 0.590. The van der Waals surface area contributed by atoms with Crippen molar-refractivity contribution in [1.29, 1.82) is 0 Å². The molecular formula is C108H112Br2Cl2N3Si2+. The van der Waals surface area contributed by atoms with Gasteiger partial charge in [-0.15, -0.1) is 0 Å². The second-order valence-corrected chi connectivity index (χ2v) is 46.9. The zero-order valence-corrected chi connectivity index (χ0v) is 78.0. The number of nitrogens with zero attached hydrogens (tertiary/aromatic N) is 2. The first-order valence-electron chi connectivity index (χ1n) is 40.7. The molecule has 594 valence electrons. The van der Waals surface area contributed by atoms with Crippen LogP contribution in [0.4, 0.5) is 45.5 Å². The van der Waals surface area contributed by atoms with Crippen LogP contribution in [0.25, 0.3) is 0 Å². The first-order chi connectivity index (χ1) is 55.5. The highest BCUT2D eigenvalue weighted by molar-refractivity contribution is 9.11. The summed E-state index contributed by atoms with van der Waals surface area (Å²) >= 11 is 22.1. The van der Waals surface area contributed by atoms with Gasteiger partial charge in [0.1, 0.15) is 12.2 Å². The number of halogens is 4. The van der Waals surface area contributed by atoms with E-state index < -0.39 is 16.1 Å². The van der Waals surface area contributed by atoms with Crippen molar-refractivity contribution in [3.05, 3.63) is 409 Å². The molecule has 3 nitrogen and oxygen atoms in total. The molecule has 0 unspecified atom stereocenters. The standard InChI is InChI=1S/C64H69ClN2Si.C24H16Br2ClSi.C20H27N/c1-61(2,3)46-28-36-50(37-29-46)66(51-38-30-47(31-39-51)62(4,5)6)58-44-57(68(54-22-16-13-17-23-54,55-24-18-14-19-25-55)56-26-20-15-21-27-56)45-59(60(58)65)67(52-40-32-48(33-41-52)63(7,8)9)53-42-34-49(35-43-53)64(10,11)12;25-22-16-21(17-23(26)24(22)27)28(18-10-4-1-5-11-18,19-12-6-2-7-13-19)20-14-8-3-9-15-20;1-19(2,3)15-7-11-17(12-8-15)21-18-13-9-16(10-14-18)20(4,5)6/h13-45H,1-12H3;1-2,4-17H;7-14,21H,1-6H3/q;+1;. The van der Waals surface area contributed by atoms with Crippen LogP contribution in [0.3, 0.4) is 0 Å². The summed E-state index contributed by atoms with van der Waals surface area (Å²) in [5, 5.41) is 15.1. The van der Waals surface area contributed by atoms with E-state index in [1.807, 2.05) is 12.2 Å². The minimum absolute atomic E-state index is 0.0136. The van der Waals surface area contributed by atoms with Crippen LogP contribution in [0.15, 0.2) is 360 Å². The zero-order valence-electron chi connectivity index (χ0n) is 71.3. The van der Waals surface area contributed by atoms with Gasteiger partial charge in [0.05, 0.1) is 26.6 Å². The van der Waals surface area contributed by atoms with Gasteiger partial charge in [0.25, 0.3) is 0 Å². The summed E-state index contributed by atoms with van der Waals surface area (Å²) in [6.07, 6.45) is 11.6. The van der Waals surface area contributed by atoms with E-state index in [4.69, 9.17) is 23.2 Å². The molecule has 0 atom stereocenters. The summed E-state index contributed by atoms with van der Waals surface area (Å²) in [5.74, 6) is 0. The largest absolute Gasteiger partial charge is 0.356 e. The quantitative estimate of drug-likeness (QED) is 0.0450. The third-order valence-electron chi connectivity index (χ3n) is 22.3. The van der Waals surface area contributed by atoms with Crippen LogP contribution in [0.1, 0.15) is 158 Å². The lowest BCUT2D eigenvalue weighted by Gasteiger charge is -2.38. The molecule has 0 amide bonds. The highest BCUT2D eigenvalue weighted by Crippen LogP contribution is 2.48. The second kappa shape index (κ2) is 35.9. The zero-order chi connectivity index (χ0) is 83.9. The molecule has 0 aromatic heterocycles. The lowest BCUT2D eigenvalue weighted by Crippen LogP contribution is -2.74. The fraction of sp³-hybridized carbons (Fsp3) is 0.222. The topological polar surface area (TPSA) is 18.5 Å². The Morgan fingerprint density at radius 1 is 0.282 bits per heavy atom. The van der Waals surface area contributed by atoms with Crippen LogP contribution >= 0.6 is 55.1 Å². The van der Waals surface area contributed by atoms with E-state index in [0.29, 0.717) is 10.0 Å². The normalized spacial score (nSPS) is 12.6. The van der Waals surface area contributed by atoms with Gasteiger partial charge in [-0.2, -0.15) is 0 Å². The molecule has 1 aliphatic carbocycles. The number of rotatable bonds is 16. The average molecular weight is 1740 g/mol. The summed E-state index contributed by atoms with van der Waals surface area (Å²) in [6.45, 7) is 40.7. The van der Waals surface area contributed by atoms with Crippen molar-refractivity contribution < 1.29 is 0 Å². The molecule has 117 heavy (non-hydrogen) atoms. The van der Waals surface area contributed by atoms with Gasteiger partial charge in [-0.05, 0) is 231 Å². The van der Waals surface area contributed by atoms with Crippen molar-refractivity contribution in [2.45, 2.75) is 157 Å². The molecule has 0 heterocycles. The molecule has 1 N–H and O–H groups in total. The first-order valence-corrected chi connectivity index (χ1v) is 47.1. The maximum absolute atomic E-state index is 8.31. The van der Waals surface area contributed by atoms with Gasteiger partial charge < -0.3 is 15.1 Å². The minimum Gasteiger partial charge on any atom is -0.356 e. The molecule has 0 spiro atoms. The molecular weight excluding hydrogens is 1630 g/mol. The molecule has 0 saturated carbocycles. The summed E-state index contributed by atoms with van der Waals surface area (Å²) in [6, 6.07) is 118. The monoisotopic (exact) mass is 1730 g/mol. The van der Waals surface area contributed by atoms with Crippen molar-refractivity contribution in [3.8, 4) is 0 Å². The number of hydrogen-bond donors (Lipinski definition) is 1. The smallest absolute Gasteiger partial charge is 0.212 e. The van der Waals surface area contributed by atoms with Crippen LogP contribution in [0.2, 0.25) is 10.0 Å². The van der Waals surface area contributed by atoms with E-state index in [2.05, 4.69) is 511 Å². The highest BCUT2D eigenvalue weighted by Gasteiger charge is 2.47. The molecule has 0 saturated heterocycles. The van der Waals surface area contributed by atoms with Crippen molar-refractivity contribution in [3.63, 3.8) is 0 Å². The Labute approximate surface area is 728 Å². The van der Waals surface area contributed by atoms with Crippen molar-refractivity contribution >= 4 is 153 Å². The molecule has 1 aliphatic rings. The summed E-state index contributed by atoms with van der Waals surface area (Å²) in [4.78, 5) is 4.77. The summed E-state index contributed by atoms with van der Waals surface area (Å²) in [7, 11) is -5.65. The molecule has 14 rings (SSSR count). The van der Waals surface area contributed by atoms with Gasteiger partial charge in [0.15, 0.2) is 8.07 Å². The SMILES string of the molecule is CC(C)(C)c1ccc(N(c2ccc(C(C)(C)C)cc2)c2cc([Si](c3ccccc3)(c3ccccc3)c3ccccc3)cc(N(c3ccc(C(C)(C)C)cc3)c3ccc(C(C)(C)C)cc3)c2Cl)cc1.CC(C)(C)c1ccc(Nc2ccc(C(C)(C)C)cc2)cc1.Clc1c(Br)cc([Si](C2=CC=[C+]C=C2)(c2ccccc2)c2ccccc2)cc1Br. The van der Waals surface area contributed by atoms with Gasteiger partial charge in [-0.1, -0.05) is 372 Å². The molecule has 0 bridgehead atoms. The number of hydrogen-bond acceptors (Lipinski definition) is 3. The molecule has 9 heteroatoms. The first kappa shape index (κ1) is 86.7. The fourth-order valence-corrected chi connectivity index (χ4v) is 27.1. The van der Waals surface area contributed by atoms with Gasteiger partial charge in [0.2, 0.25) is 8.07 Å². The maximum atomic E-state index is 8.31. The lowest BCUT2D eigenvalue weighted by atomic mass is 9.86. The second-order valence-electron chi connectivity index (χ2n) is 36.8. The predicted molar refractivity (Wildman–Crippen MR) is 522 cm³/mol. The molecule has 0 radical (unpaired) electrons. The van der Waals surface area contributed by atoms with Crippen LogP contribution in [-0.2, 0) is 32.5 Å². The van der Waals surface area contributed by atoms with Gasteiger partial charge in [0, 0.05) is 61.3 Å². The van der Waals surface area contributed by atoms with E-state index in [-0.39, 0.29) is 32.5 Å². The Kier molecular flexibility index (Phi) is 26.6. The average Bonchev–Trinajstić information content (AvgIpc) is 0.731. The Morgan fingerprint density at radius 3 is 0.761 bits per heavy atom. The summed E-state index contributed by atoms with van der Waals surface area (Å²) < 4.78 is 1.79. The third kappa shape index (κ3) is 19.7. The number of allylic oxidation sites excluding steroid dienone is 6. The van der Waals surface area contributed by atoms with E-state index in [1.54, 1.807) is 0 Å². The summed E-state index contributed by atoms with van der Waals surface area (Å²) in [5.41, 5.74) is 16.4. The van der Waals surface area contributed by atoms with Crippen LogP contribution in [-0.4, -0.2) is 16.1 Å². The van der Waals surface area contributed by atoms with Crippen LogP contribution < -0.4 is 51.4 Å². The molecule has 0 aliphatic heterocycles. The van der Waals surface area contributed by atoms with E-state index in [1.165, 1.54) is 74.9 Å². The third-order valence-corrected chi connectivity index (χ3v) is 34.3. The van der Waals surface area contributed by atoms with Crippen molar-refractivity contribution in [2.75, 3.05) is 15.1 Å². The van der Waals surface area contributed by atoms with Gasteiger partial charge in [-0.3, -0.25) is 0 Å². The van der Waals surface area contributed by atoms with Crippen LogP contribution in [0.5, 0.6) is 0 Å². The molecule has 0 fully saturated rings. The van der Waals surface area contributed by atoms with Gasteiger partial charge in [-0.25, -0.2) is 0 Å². The Balaban J connectivity index is 0.000000208. The van der Waals surface area contributed by atoms with Crippen LogP contribution in [0, 0.1) is 6.08 Å². The molecule has 13 aromatic carbocycles. The Hall–Kier alpha value is -9.64.